The number of halogens is 1. The van der Waals surface area contributed by atoms with Gasteiger partial charge < -0.3 is 19.5 Å². The number of aryl methyl sites for hydroxylation is 1. The summed E-state index contributed by atoms with van der Waals surface area (Å²) in [7, 11) is 3.52. The highest BCUT2D eigenvalue weighted by molar-refractivity contribution is 9.10. The topological polar surface area (TPSA) is 66.1 Å². The number of aromatic nitrogens is 1. The zero-order valence-electron chi connectivity index (χ0n) is 16.0. The minimum Gasteiger partial charge on any atom is -0.496 e. The third-order valence-corrected chi connectivity index (χ3v) is 5.12. The van der Waals surface area contributed by atoms with Crippen molar-refractivity contribution in [2.45, 2.75) is 20.0 Å². The van der Waals surface area contributed by atoms with Gasteiger partial charge in [-0.2, -0.15) is 0 Å². The van der Waals surface area contributed by atoms with Gasteiger partial charge in [0.25, 0.3) is 0 Å². The molecule has 1 fully saturated rings. The van der Waals surface area contributed by atoms with E-state index in [-0.39, 0.29) is 0 Å². The van der Waals surface area contributed by atoms with Crippen molar-refractivity contribution in [3.63, 3.8) is 0 Å². The summed E-state index contributed by atoms with van der Waals surface area (Å²) < 4.78 is 11.6. The van der Waals surface area contributed by atoms with Gasteiger partial charge in [0.2, 0.25) is 0 Å². The second-order valence-corrected chi connectivity index (χ2v) is 7.46. The minimum atomic E-state index is 0.660. The lowest BCUT2D eigenvalue weighted by Crippen LogP contribution is -2.52. The van der Waals surface area contributed by atoms with Crippen LogP contribution in [0.2, 0.25) is 0 Å². The highest BCUT2D eigenvalue weighted by Gasteiger charge is 2.20. The molecule has 0 atom stereocenters. The van der Waals surface area contributed by atoms with E-state index in [1.54, 1.807) is 7.11 Å². The van der Waals surface area contributed by atoms with Gasteiger partial charge in [0.15, 0.2) is 5.96 Å². The number of nitrogens with one attached hydrogen (secondary N) is 1. The molecule has 1 aromatic heterocycles. The summed E-state index contributed by atoms with van der Waals surface area (Å²) in [5.41, 5.74) is 2.08. The van der Waals surface area contributed by atoms with Gasteiger partial charge in [-0.1, -0.05) is 21.1 Å². The summed E-state index contributed by atoms with van der Waals surface area (Å²) in [5, 5.41) is 7.54. The van der Waals surface area contributed by atoms with Gasteiger partial charge in [0, 0.05) is 62.4 Å². The molecule has 0 saturated carbocycles. The third kappa shape index (κ3) is 5.23. The molecule has 146 valence electrons. The van der Waals surface area contributed by atoms with E-state index in [0.29, 0.717) is 6.54 Å². The van der Waals surface area contributed by atoms with Gasteiger partial charge in [0.05, 0.1) is 12.8 Å². The van der Waals surface area contributed by atoms with E-state index in [9.17, 15) is 0 Å². The minimum absolute atomic E-state index is 0.660. The number of piperazine rings is 1. The molecule has 1 saturated heterocycles. The van der Waals surface area contributed by atoms with Gasteiger partial charge in [0.1, 0.15) is 11.5 Å². The van der Waals surface area contributed by atoms with Gasteiger partial charge in [-0.25, -0.2) is 0 Å². The van der Waals surface area contributed by atoms with Crippen molar-refractivity contribution >= 4 is 21.9 Å². The zero-order valence-corrected chi connectivity index (χ0v) is 17.6. The Bertz CT molecular complexity index is 784. The van der Waals surface area contributed by atoms with E-state index < -0.39 is 0 Å². The molecule has 0 spiro atoms. The van der Waals surface area contributed by atoms with Crippen molar-refractivity contribution in [2.24, 2.45) is 4.99 Å². The smallest absolute Gasteiger partial charge is 0.194 e. The number of rotatable bonds is 5. The standard InChI is InChI=1S/C19H26BrN5O2/c1-14-10-17(23-27-14)13-24-6-8-25(9-7-24)19(21-2)22-12-15-11-16(20)4-5-18(15)26-3/h4-5,10-11H,6-9,12-13H2,1-3H3,(H,21,22). The van der Waals surface area contributed by atoms with Crippen LogP contribution in [0.4, 0.5) is 0 Å². The third-order valence-electron chi connectivity index (χ3n) is 4.63. The number of hydrogen-bond acceptors (Lipinski definition) is 5. The maximum Gasteiger partial charge on any atom is 0.194 e. The molecule has 0 radical (unpaired) electrons. The van der Waals surface area contributed by atoms with Gasteiger partial charge in [-0.3, -0.25) is 9.89 Å². The largest absolute Gasteiger partial charge is 0.496 e. The van der Waals surface area contributed by atoms with Crippen LogP contribution < -0.4 is 10.1 Å². The molecule has 27 heavy (non-hydrogen) atoms. The van der Waals surface area contributed by atoms with E-state index in [1.165, 1.54) is 0 Å². The average molecular weight is 436 g/mol. The van der Waals surface area contributed by atoms with Crippen LogP contribution in [0.15, 0.2) is 38.3 Å². The second kappa shape index (κ2) is 9.23. The molecule has 0 bridgehead atoms. The molecule has 0 unspecified atom stereocenters. The predicted octanol–water partition coefficient (Wildman–Crippen LogP) is 2.65. The highest BCUT2D eigenvalue weighted by Crippen LogP contribution is 2.22. The zero-order chi connectivity index (χ0) is 19.2. The molecule has 0 amide bonds. The molecule has 0 aliphatic carbocycles. The summed E-state index contributed by atoms with van der Waals surface area (Å²) in [4.78, 5) is 9.12. The first-order valence-corrected chi connectivity index (χ1v) is 9.81. The van der Waals surface area contributed by atoms with E-state index in [4.69, 9.17) is 9.26 Å². The summed E-state index contributed by atoms with van der Waals surface area (Å²) in [6.45, 7) is 7.18. The van der Waals surface area contributed by atoms with Crippen molar-refractivity contribution in [1.29, 1.82) is 0 Å². The van der Waals surface area contributed by atoms with E-state index >= 15 is 0 Å². The van der Waals surface area contributed by atoms with Crippen LogP contribution in [0.1, 0.15) is 17.0 Å². The fraction of sp³-hybridized carbons (Fsp3) is 0.474. The fourth-order valence-corrected chi connectivity index (χ4v) is 3.64. The summed E-state index contributed by atoms with van der Waals surface area (Å²) in [5.74, 6) is 2.64. The number of ether oxygens (including phenoxy) is 1. The summed E-state index contributed by atoms with van der Waals surface area (Å²) in [6, 6.07) is 8.01. The number of benzene rings is 1. The molecule has 1 aromatic carbocycles. The molecular weight excluding hydrogens is 410 g/mol. The van der Waals surface area contributed by atoms with E-state index in [2.05, 4.69) is 47.3 Å². The summed E-state index contributed by atoms with van der Waals surface area (Å²) in [6.07, 6.45) is 0. The second-order valence-electron chi connectivity index (χ2n) is 6.55. The Morgan fingerprint density at radius 1 is 1.30 bits per heavy atom. The fourth-order valence-electron chi connectivity index (χ4n) is 3.23. The van der Waals surface area contributed by atoms with Crippen LogP contribution in [0.5, 0.6) is 5.75 Å². The number of hydrogen-bond donors (Lipinski definition) is 1. The lowest BCUT2D eigenvalue weighted by molar-refractivity contribution is 0.169. The quantitative estimate of drug-likeness (QED) is 0.575. The van der Waals surface area contributed by atoms with Crippen molar-refractivity contribution in [1.82, 2.24) is 20.3 Å². The first kappa shape index (κ1) is 19.7. The van der Waals surface area contributed by atoms with E-state index in [1.807, 2.05) is 32.2 Å². The Labute approximate surface area is 168 Å². The lowest BCUT2D eigenvalue weighted by atomic mass is 10.2. The molecular formula is C19H26BrN5O2. The van der Waals surface area contributed by atoms with Crippen LogP contribution in [0.25, 0.3) is 0 Å². The van der Waals surface area contributed by atoms with Gasteiger partial charge >= 0.3 is 0 Å². The molecule has 7 nitrogen and oxygen atoms in total. The monoisotopic (exact) mass is 435 g/mol. The Kier molecular flexibility index (Phi) is 6.73. The first-order valence-electron chi connectivity index (χ1n) is 9.01. The van der Waals surface area contributed by atoms with Crippen LogP contribution in [0.3, 0.4) is 0 Å². The molecule has 3 rings (SSSR count). The van der Waals surface area contributed by atoms with Crippen LogP contribution in [0, 0.1) is 6.92 Å². The summed E-state index contributed by atoms with van der Waals surface area (Å²) >= 11 is 3.52. The van der Waals surface area contributed by atoms with Crippen molar-refractivity contribution in [3.8, 4) is 5.75 Å². The van der Waals surface area contributed by atoms with Crippen molar-refractivity contribution in [3.05, 3.63) is 45.8 Å². The molecule has 8 heteroatoms. The average Bonchev–Trinajstić information content (AvgIpc) is 3.08. The number of guanidine groups is 1. The highest BCUT2D eigenvalue weighted by atomic mass is 79.9. The number of aliphatic imine (C=N–C) groups is 1. The molecule has 2 heterocycles. The maximum absolute atomic E-state index is 5.45. The number of nitrogens with zero attached hydrogens (tertiary/aromatic N) is 4. The Balaban J connectivity index is 1.52. The van der Waals surface area contributed by atoms with Gasteiger partial charge in [-0.15, -0.1) is 0 Å². The van der Waals surface area contributed by atoms with E-state index in [0.717, 1.165) is 65.9 Å². The van der Waals surface area contributed by atoms with Crippen LogP contribution in [-0.2, 0) is 13.1 Å². The SMILES string of the molecule is CN=C(NCc1cc(Br)ccc1OC)N1CCN(Cc2cc(C)on2)CC1. The van der Waals surface area contributed by atoms with Crippen molar-refractivity contribution < 1.29 is 9.26 Å². The predicted molar refractivity (Wildman–Crippen MR) is 109 cm³/mol. The number of methoxy groups -OCH3 is 1. The Hall–Kier alpha value is -2.06. The molecule has 1 aliphatic heterocycles. The van der Waals surface area contributed by atoms with Crippen LogP contribution in [-0.4, -0.2) is 61.3 Å². The normalized spacial score (nSPS) is 15.9. The van der Waals surface area contributed by atoms with Gasteiger partial charge in [-0.05, 0) is 25.1 Å². The Morgan fingerprint density at radius 3 is 2.70 bits per heavy atom. The Morgan fingerprint density at radius 2 is 2.07 bits per heavy atom. The first-order chi connectivity index (χ1) is 13.1. The van der Waals surface area contributed by atoms with Crippen molar-refractivity contribution in [2.75, 3.05) is 40.3 Å². The maximum atomic E-state index is 5.45. The molecule has 1 aliphatic rings. The molecule has 1 N–H and O–H groups in total. The van der Waals surface area contributed by atoms with Crippen LogP contribution >= 0.6 is 15.9 Å². The lowest BCUT2D eigenvalue weighted by Gasteiger charge is -2.36. The molecule has 2 aromatic rings.